The summed E-state index contributed by atoms with van der Waals surface area (Å²) >= 11 is 0. The van der Waals surface area contributed by atoms with E-state index < -0.39 is 0 Å². The van der Waals surface area contributed by atoms with Gasteiger partial charge in [-0.2, -0.15) is 0 Å². The van der Waals surface area contributed by atoms with Crippen molar-refractivity contribution in [1.29, 1.82) is 0 Å². The summed E-state index contributed by atoms with van der Waals surface area (Å²) in [5, 5.41) is 3.49. The van der Waals surface area contributed by atoms with Crippen LogP contribution >= 0.6 is 12.4 Å². The molecule has 1 aromatic carbocycles. The molecular formula is C20H25ClN4O. The quantitative estimate of drug-likeness (QED) is 0.722. The first-order chi connectivity index (χ1) is 12.2. The fourth-order valence-corrected chi connectivity index (χ4v) is 3.73. The van der Waals surface area contributed by atoms with Gasteiger partial charge in [-0.15, -0.1) is 12.4 Å². The number of nitrogens with zero attached hydrogens (tertiary/aromatic N) is 2. The molecule has 138 valence electrons. The Morgan fingerprint density at radius 3 is 2.65 bits per heavy atom. The molecule has 4 rings (SSSR count). The predicted molar refractivity (Wildman–Crippen MR) is 107 cm³/mol. The summed E-state index contributed by atoms with van der Waals surface area (Å²) in [6.07, 6.45) is 4.13. The Balaban J connectivity index is 0.00000196. The third-order valence-electron chi connectivity index (χ3n) is 5.16. The van der Waals surface area contributed by atoms with E-state index in [1.807, 2.05) is 18.3 Å². The van der Waals surface area contributed by atoms with Gasteiger partial charge in [-0.25, -0.2) is 9.97 Å². The van der Waals surface area contributed by atoms with E-state index in [4.69, 9.17) is 9.72 Å². The molecule has 1 aliphatic rings. The van der Waals surface area contributed by atoms with Crippen molar-refractivity contribution in [2.75, 3.05) is 13.7 Å². The minimum Gasteiger partial charge on any atom is -0.497 e. The van der Waals surface area contributed by atoms with Crippen LogP contribution in [0.4, 0.5) is 0 Å². The van der Waals surface area contributed by atoms with Gasteiger partial charge in [-0.3, -0.25) is 0 Å². The van der Waals surface area contributed by atoms with Gasteiger partial charge in [-0.05, 0) is 63.1 Å². The summed E-state index contributed by atoms with van der Waals surface area (Å²) < 4.78 is 5.25. The molecule has 0 amide bonds. The number of aromatic amines is 1. The van der Waals surface area contributed by atoms with E-state index >= 15 is 0 Å². The maximum absolute atomic E-state index is 5.25. The molecule has 1 saturated heterocycles. The van der Waals surface area contributed by atoms with Crippen LogP contribution in [-0.2, 0) is 0 Å². The molecule has 2 unspecified atom stereocenters. The van der Waals surface area contributed by atoms with Crippen LogP contribution in [0, 0.1) is 6.92 Å². The minimum atomic E-state index is 0. The van der Waals surface area contributed by atoms with Crippen LogP contribution in [0.15, 0.2) is 30.5 Å². The van der Waals surface area contributed by atoms with Gasteiger partial charge in [0.1, 0.15) is 11.6 Å². The molecule has 2 aromatic heterocycles. The Morgan fingerprint density at radius 1 is 1.19 bits per heavy atom. The molecule has 2 atom stereocenters. The summed E-state index contributed by atoms with van der Waals surface area (Å²) in [5.74, 6) is 2.28. The van der Waals surface area contributed by atoms with Crippen LogP contribution in [0.3, 0.4) is 0 Å². The zero-order valence-electron chi connectivity index (χ0n) is 15.4. The molecule has 0 radical (unpaired) electrons. The molecular weight excluding hydrogens is 348 g/mol. The van der Waals surface area contributed by atoms with E-state index in [9.17, 15) is 0 Å². The summed E-state index contributed by atoms with van der Waals surface area (Å²) in [6, 6.07) is 8.63. The fraction of sp³-hybridized carbons (Fsp3) is 0.400. The number of aryl methyl sites for hydroxylation is 1. The molecule has 3 heterocycles. The Morgan fingerprint density at radius 2 is 1.96 bits per heavy atom. The zero-order valence-corrected chi connectivity index (χ0v) is 16.2. The molecule has 0 saturated carbocycles. The highest BCUT2D eigenvalue weighted by Gasteiger charge is 2.23. The third-order valence-corrected chi connectivity index (χ3v) is 5.16. The monoisotopic (exact) mass is 372 g/mol. The normalized spacial score (nSPS) is 20.0. The first-order valence-corrected chi connectivity index (χ1v) is 8.88. The number of benzene rings is 1. The number of piperidine rings is 1. The highest BCUT2D eigenvalue weighted by molar-refractivity contribution is 5.87. The Hall–Kier alpha value is -2.11. The number of fused-ring (bicyclic) bond motifs is 1. The van der Waals surface area contributed by atoms with Gasteiger partial charge in [0.2, 0.25) is 0 Å². The van der Waals surface area contributed by atoms with Crippen LogP contribution in [0.5, 0.6) is 5.75 Å². The summed E-state index contributed by atoms with van der Waals surface area (Å²) in [7, 11) is 1.68. The van der Waals surface area contributed by atoms with Crippen molar-refractivity contribution in [3.8, 4) is 17.0 Å². The van der Waals surface area contributed by atoms with Crippen molar-refractivity contribution in [1.82, 2.24) is 20.3 Å². The number of halogens is 1. The largest absolute Gasteiger partial charge is 0.497 e. The summed E-state index contributed by atoms with van der Waals surface area (Å²) in [6.45, 7) is 5.39. The standard InChI is InChI=1S/C20H24N4O.ClH/c1-12-10-15(8-9-21-12)20-22-11-17-19(24-20)13(2)18(23-17)14-4-6-16(25-3)7-5-14;/h4-7,11-12,15,21,23H,8-10H2,1-3H3;1H. The molecule has 2 N–H and O–H groups in total. The Labute approximate surface area is 160 Å². The Bertz CT molecular complexity index is 891. The van der Waals surface area contributed by atoms with Crippen molar-refractivity contribution in [3.05, 3.63) is 41.9 Å². The molecule has 1 fully saturated rings. The highest BCUT2D eigenvalue weighted by Crippen LogP contribution is 2.31. The van der Waals surface area contributed by atoms with E-state index in [1.165, 1.54) is 5.56 Å². The topological polar surface area (TPSA) is 62.8 Å². The van der Waals surface area contributed by atoms with Crippen LogP contribution in [0.2, 0.25) is 0 Å². The second-order valence-electron chi connectivity index (χ2n) is 6.92. The molecule has 0 spiro atoms. The summed E-state index contributed by atoms with van der Waals surface area (Å²) in [4.78, 5) is 13.0. The maximum atomic E-state index is 5.25. The van der Waals surface area contributed by atoms with E-state index in [0.717, 1.165) is 53.3 Å². The Kier molecular flexibility index (Phi) is 5.49. The lowest BCUT2D eigenvalue weighted by Gasteiger charge is -2.26. The first kappa shape index (κ1) is 18.7. The van der Waals surface area contributed by atoms with E-state index in [1.54, 1.807) is 7.11 Å². The van der Waals surface area contributed by atoms with Gasteiger partial charge in [0.25, 0.3) is 0 Å². The second-order valence-corrected chi connectivity index (χ2v) is 6.92. The van der Waals surface area contributed by atoms with Crippen LogP contribution in [0.1, 0.15) is 37.1 Å². The van der Waals surface area contributed by atoms with Crippen molar-refractivity contribution in [3.63, 3.8) is 0 Å². The van der Waals surface area contributed by atoms with E-state index in [0.29, 0.717) is 12.0 Å². The first-order valence-electron chi connectivity index (χ1n) is 8.88. The van der Waals surface area contributed by atoms with E-state index in [-0.39, 0.29) is 12.4 Å². The molecule has 26 heavy (non-hydrogen) atoms. The lowest BCUT2D eigenvalue weighted by Crippen LogP contribution is -2.35. The number of nitrogens with one attached hydrogen (secondary N) is 2. The predicted octanol–water partition coefficient (Wildman–Crippen LogP) is 4.22. The fourth-order valence-electron chi connectivity index (χ4n) is 3.73. The SMILES string of the molecule is COc1ccc(-c2[nH]c3cnc(C4CCNC(C)C4)nc3c2C)cc1.Cl. The number of ether oxygens (including phenoxy) is 1. The van der Waals surface area contributed by atoms with Gasteiger partial charge in [0.15, 0.2) is 0 Å². The lowest BCUT2D eigenvalue weighted by atomic mass is 9.92. The average Bonchev–Trinajstić information content (AvgIpc) is 2.98. The van der Waals surface area contributed by atoms with Crippen molar-refractivity contribution in [2.24, 2.45) is 0 Å². The van der Waals surface area contributed by atoms with Crippen LogP contribution in [-0.4, -0.2) is 34.6 Å². The summed E-state index contributed by atoms with van der Waals surface area (Å²) in [5.41, 5.74) is 5.43. The average molecular weight is 373 g/mol. The number of hydrogen-bond donors (Lipinski definition) is 2. The van der Waals surface area contributed by atoms with Gasteiger partial charge < -0.3 is 15.0 Å². The van der Waals surface area contributed by atoms with Gasteiger partial charge >= 0.3 is 0 Å². The smallest absolute Gasteiger partial charge is 0.132 e. The molecule has 5 nitrogen and oxygen atoms in total. The zero-order chi connectivity index (χ0) is 17.4. The van der Waals surface area contributed by atoms with Crippen molar-refractivity contribution < 1.29 is 4.74 Å². The lowest BCUT2D eigenvalue weighted by molar-refractivity contribution is 0.371. The van der Waals surface area contributed by atoms with Crippen molar-refractivity contribution in [2.45, 2.75) is 38.6 Å². The van der Waals surface area contributed by atoms with Gasteiger partial charge in [0, 0.05) is 17.5 Å². The molecule has 3 aromatic rings. The number of aromatic nitrogens is 3. The molecule has 0 aliphatic carbocycles. The van der Waals surface area contributed by atoms with Crippen molar-refractivity contribution >= 4 is 23.4 Å². The third kappa shape index (κ3) is 3.41. The minimum absolute atomic E-state index is 0. The van der Waals surface area contributed by atoms with Gasteiger partial charge in [0.05, 0.1) is 30.0 Å². The van der Waals surface area contributed by atoms with Crippen LogP contribution < -0.4 is 10.1 Å². The number of methoxy groups -OCH3 is 1. The molecule has 1 aliphatic heterocycles. The van der Waals surface area contributed by atoms with E-state index in [2.05, 4.69) is 41.3 Å². The number of H-pyrrole nitrogens is 1. The van der Waals surface area contributed by atoms with Crippen LogP contribution in [0.25, 0.3) is 22.3 Å². The second kappa shape index (κ2) is 7.64. The maximum Gasteiger partial charge on any atom is 0.132 e. The number of hydrogen-bond acceptors (Lipinski definition) is 4. The highest BCUT2D eigenvalue weighted by atomic mass is 35.5. The van der Waals surface area contributed by atoms with Gasteiger partial charge in [-0.1, -0.05) is 0 Å². The molecule has 6 heteroatoms. The molecule has 0 bridgehead atoms. The number of rotatable bonds is 3.